The highest BCUT2D eigenvalue weighted by Gasteiger charge is 2.13. The van der Waals surface area contributed by atoms with E-state index in [1.54, 1.807) is 25.4 Å². The fourth-order valence-corrected chi connectivity index (χ4v) is 2.35. The summed E-state index contributed by atoms with van der Waals surface area (Å²) < 4.78 is 5.15. The van der Waals surface area contributed by atoms with Crippen LogP contribution in [0.4, 0.5) is 0 Å². The fourth-order valence-electron chi connectivity index (χ4n) is 2.35. The third-order valence-electron chi connectivity index (χ3n) is 3.42. The van der Waals surface area contributed by atoms with Crippen LogP contribution in [0.25, 0.3) is 22.0 Å². The van der Waals surface area contributed by atoms with E-state index in [2.05, 4.69) is 4.98 Å². The van der Waals surface area contributed by atoms with Crippen LogP contribution in [0.5, 0.6) is 11.5 Å². The molecule has 1 aromatic heterocycles. The number of benzene rings is 2. The van der Waals surface area contributed by atoms with E-state index in [9.17, 15) is 9.90 Å². The topological polar surface area (TPSA) is 59.4 Å². The van der Waals surface area contributed by atoms with Gasteiger partial charge >= 0.3 is 0 Å². The van der Waals surface area contributed by atoms with Gasteiger partial charge < -0.3 is 9.84 Å². The highest BCUT2D eigenvalue weighted by molar-refractivity contribution is 6.02. The van der Waals surface area contributed by atoms with Crippen LogP contribution in [0.3, 0.4) is 0 Å². The number of phenolic OH excluding ortho intramolecular Hbond substituents is 1. The van der Waals surface area contributed by atoms with E-state index in [1.807, 2.05) is 30.3 Å². The number of nitrogens with zero attached hydrogens (tertiary/aromatic N) is 1. The van der Waals surface area contributed by atoms with E-state index in [1.165, 1.54) is 0 Å². The molecule has 21 heavy (non-hydrogen) atoms. The third kappa shape index (κ3) is 2.21. The lowest BCUT2D eigenvalue weighted by molar-refractivity contribution is 0.112. The third-order valence-corrected chi connectivity index (χ3v) is 3.42. The summed E-state index contributed by atoms with van der Waals surface area (Å²) in [6.07, 6.45) is 2.23. The summed E-state index contributed by atoms with van der Waals surface area (Å²) in [5, 5.41) is 10.9. The van der Waals surface area contributed by atoms with Crippen molar-refractivity contribution in [3.8, 4) is 22.6 Å². The van der Waals surface area contributed by atoms with Crippen molar-refractivity contribution in [3.63, 3.8) is 0 Å². The van der Waals surface area contributed by atoms with Crippen molar-refractivity contribution in [1.82, 2.24) is 4.98 Å². The minimum absolute atomic E-state index is 0.0853. The number of rotatable bonds is 3. The molecule has 1 N–H and O–H groups in total. The summed E-state index contributed by atoms with van der Waals surface area (Å²) in [6, 6.07) is 12.9. The van der Waals surface area contributed by atoms with Gasteiger partial charge in [0.15, 0.2) is 12.0 Å². The Labute approximate surface area is 121 Å². The van der Waals surface area contributed by atoms with Gasteiger partial charge in [-0.25, -0.2) is 0 Å². The average Bonchev–Trinajstić information content (AvgIpc) is 2.56. The molecule has 104 valence electrons. The van der Waals surface area contributed by atoms with Gasteiger partial charge in [-0.05, 0) is 35.4 Å². The van der Waals surface area contributed by atoms with Crippen LogP contribution in [-0.2, 0) is 0 Å². The first-order chi connectivity index (χ1) is 10.2. The van der Waals surface area contributed by atoms with Crippen molar-refractivity contribution in [2.75, 3.05) is 7.11 Å². The Bertz CT molecular complexity index is 810. The molecule has 0 atom stereocenters. The number of aromatic nitrogens is 1. The summed E-state index contributed by atoms with van der Waals surface area (Å²) in [7, 11) is 1.61. The molecular formula is C17H13NO3. The SMILES string of the molecule is COc1ccc(-c2cc(C=O)c(O)c3ncccc23)cc1. The maximum absolute atomic E-state index is 11.1. The Balaban J connectivity index is 2.30. The number of aromatic hydroxyl groups is 1. The van der Waals surface area contributed by atoms with Gasteiger partial charge in [-0.1, -0.05) is 18.2 Å². The number of carbonyl (C=O) groups is 1. The number of carbonyl (C=O) groups excluding carboxylic acids is 1. The van der Waals surface area contributed by atoms with Crippen molar-refractivity contribution in [1.29, 1.82) is 0 Å². The van der Waals surface area contributed by atoms with Gasteiger partial charge in [-0.3, -0.25) is 9.78 Å². The smallest absolute Gasteiger partial charge is 0.153 e. The molecule has 0 saturated heterocycles. The molecule has 0 unspecified atom stereocenters. The summed E-state index contributed by atoms with van der Waals surface area (Å²) in [4.78, 5) is 15.3. The van der Waals surface area contributed by atoms with Crippen LogP contribution in [0.1, 0.15) is 10.4 Å². The van der Waals surface area contributed by atoms with Gasteiger partial charge in [0.2, 0.25) is 0 Å². The first-order valence-electron chi connectivity index (χ1n) is 6.45. The van der Waals surface area contributed by atoms with Crippen molar-refractivity contribution in [2.45, 2.75) is 0 Å². The Morgan fingerprint density at radius 1 is 1.19 bits per heavy atom. The quantitative estimate of drug-likeness (QED) is 0.746. The lowest BCUT2D eigenvalue weighted by Crippen LogP contribution is -1.90. The average molecular weight is 279 g/mol. The first kappa shape index (κ1) is 13.1. The van der Waals surface area contributed by atoms with Crippen LogP contribution >= 0.6 is 0 Å². The lowest BCUT2D eigenvalue weighted by atomic mass is 9.97. The van der Waals surface area contributed by atoms with Crippen LogP contribution in [0, 0.1) is 0 Å². The minimum atomic E-state index is -0.0853. The summed E-state index contributed by atoms with van der Waals surface area (Å²) in [6.45, 7) is 0. The molecular weight excluding hydrogens is 266 g/mol. The zero-order valence-electron chi connectivity index (χ0n) is 11.4. The number of pyridine rings is 1. The summed E-state index contributed by atoms with van der Waals surface area (Å²) in [5.41, 5.74) is 2.43. The highest BCUT2D eigenvalue weighted by atomic mass is 16.5. The van der Waals surface area contributed by atoms with E-state index in [0.29, 0.717) is 11.8 Å². The monoisotopic (exact) mass is 279 g/mol. The molecule has 0 saturated carbocycles. The molecule has 0 aliphatic carbocycles. The maximum Gasteiger partial charge on any atom is 0.153 e. The molecule has 0 bridgehead atoms. The van der Waals surface area contributed by atoms with Gasteiger partial charge in [-0.15, -0.1) is 0 Å². The molecule has 3 aromatic rings. The predicted octanol–water partition coefficient (Wildman–Crippen LogP) is 3.43. The molecule has 0 fully saturated rings. The van der Waals surface area contributed by atoms with Gasteiger partial charge in [0.05, 0.1) is 12.7 Å². The van der Waals surface area contributed by atoms with Crippen molar-refractivity contribution in [3.05, 3.63) is 54.2 Å². The number of hydrogen-bond acceptors (Lipinski definition) is 4. The molecule has 0 aliphatic rings. The van der Waals surface area contributed by atoms with Gasteiger partial charge in [0.25, 0.3) is 0 Å². The van der Waals surface area contributed by atoms with Crippen LogP contribution in [0.15, 0.2) is 48.7 Å². The number of ether oxygens (including phenoxy) is 1. The Hall–Kier alpha value is -2.88. The van der Waals surface area contributed by atoms with Crippen LogP contribution in [-0.4, -0.2) is 23.5 Å². The zero-order valence-corrected chi connectivity index (χ0v) is 11.4. The van der Waals surface area contributed by atoms with E-state index < -0.39 is 0 Å². The number of phenols is 1. The fraction of sp³-hybridized carbons (Fsp3) is 0.0588. The van der Waals surface area contributed by atoms with Crippen molar-refractivity contribution in [2.24, 2.45) is 0 Å². The van der Waals surface area contributed by atoms with Crippen molar-refractivity contribution >= 4 is 17.2 Å². The first-order valence-corrected chi connectivity index (χ1v) is 6.45. The molecule has 0 aliphatic heterocycles. The second-order valence-corrected chi connectivity index (χ2v) is 4.61. The van der Waals surface area contributed by atoms with Gasteiger partial charge in [-0.2, -0.15) is 0 Å². The molecule has 1 heterocycles. The number of fused-ring (bicyclic) bond motifs is 1. The van der Waals surface area contributed by atoms with Crippen molar-refractivity contribution < 1.29 is 14.6 Å². The molecule has 3 rings (SSSR count). The maximum atomic E-state index is 11.1. The molecule has 4 heteroatoms. The van der Waals surface area contributed by atoms with E-state index >= 15 is 0 Å². The van der Waals surface area contributed by atoms with Crippen LogP contribution in [0.2, 0.25) is 0 Å². The predicted molar refractivity (Wildman–Crippen MR) is 80.8 cm³/mol. The number of methoxy groups -OCH3 is 1. The lowest BCUT2D eigenvalue weighted by Gasteiger charge is -2.10. The van der Waals surface area contributed by atoms with Crippen LogP contribution < -0.4 is 4.74 Å². The standard InChI is InChI=1S/C17H13NO3/c1-21-13-6-4-11(5-7-13)15-9-12(10-19)17(20)16-14(15)3-2-8-18-16/h2-10,20H,1H3. The normalized spacial score (nSPS) is 10.5. The summed E-state index contributed by atoms with van der Waals surface area (Å²) >= 11 is 0. The largest absolute Gasteiger partial charge is 0.505 e. The van der Waals surface area contributed by atoms with E-state index in [0.717, 1.165) is 22.3 Å². The number of aldehydes is 1. The highest BCUT2D eigenvalue weighted by Crippen LogP contribution is 2.35. The van der Waals surface area contributed by atoms with Gasteiger partial charge in [0.1, 0.15) is 11.3 Å². The molecule has 0 amide bonds. The molecule has 4 nitrogen and oxygen atoms in total. The molecule has 2 aromatic carbocycles. The minimum Gasteiger partial charge on any atom is -0.505 e. The zero-order chi connectivity index (χ0) is 14.8. The molecule has 0 spiro atoms. The Kier molecular flexibility index (Phi) is 3.28. The van der Waals surface area contributed by atoms with E-state index in [-0.39, 0.29) is 11.3 Å². The van der Waals surface area contributed by atoms with E-state index in [4.69, 9.17) is 4.74 Å². The summed E-state index contributed by atoms with van der Waals surface area (Å²) in [5.74, 6) is 0.674. The Morgan fingerprint density at radius 3 is 2.62 bits per heavy atom. The van der Waals surface area contributed by atoms with Gasteiger partial charge in [0, 0.05) is 11.6 Å². The Morgan fingerprint density at radius 2 is 1.95 bits per heavy atom. The number of hydrogen-bond donors (Lipinski definition) is 1. The second kappa shape index (κ2) is 5.25. The second-order valence-electron chi connectivity index (χ2n) is 4.61. The molecule has 0 radical (unpaired) electrons.